The lowest BCUT2D eigenvalue weighted by Crippen LogP contribution is -2.43. The molecule has 1 aromatic carbocycles. The summed E-state index contributed by atoms with van der Waals surface area (Å²) in [7, 11) is 0. The highest BCUT2D eigenvalue weighted by molar-refractivity contribution is 5.98. The van der Waals surface area contributed by atoms with Crippen molar-refractivity contribution in [2.45, 2.75) is 69.4 Å². The monoisotopic (exact) mass is 463 g/mol. The van der Waals surface area contributed by atoms with E-state index in [1.807, 2.05) is 0 Å². The second kappa shape index (κ2) is 10.2. The first kappa shape index (κ1) is 23.0. The van der Waals surface area contributed by atoms with E-state index in [0.29, 0.717) is 24.2 Å². The van der Waals surface area contributed by atoms with Crippen molar-refractivity contribution >= 4 is 23.3 Å². The van der Waals surface area contributed by atoms with Gasteiger partial charge in [0.1, 0.15) is 5.84 Å². The number of nitrogens with one attached hydrogen (secondary N) is 2. The number of hydrogen-bond acceptors (Lipinski definition) is 8. The summed E-state index contributed by atoms with van der Waals surface area (Å²) in [6.45, 7) is 3.98. The first-order valence-electron chi connectivity index (χ1n) is 12.8. The molecule has 5 rings (SSSR count). The van der Waals surface area contributed by atoms with Crippen LogP contribution < -0.4 is 21.7 Å². The van der Waals surface area contributed by atoms with E-state index in [2.05, 4.69) is 54.6 Å². The van der Waals surface area contributed by atoms with Crippen molar-refractivity contribution in [3.8, 4) is 0 Å². The third-order valence-electron chi connectivity index (χ3n) is 7.69. The van der Waals surface area contributed by atoms with Gasteiger partial charge in [-0.05, 0) is 75.2 Å². The van der Waals surface area contributed by atoms with Crippen LogP contribution in [0.5, 0.6) is 0 Å². The Morgan fingerprint density at radius 2 is 1.68 bits per heavy atom. The van der Waals surface area contributed by atoms with Crippen LogP contribution in [0.3, 0.4) is 0 Å². The molecule has 2 aliphatic heterocycles. The van der Waals surface area contributed by atoms with Crippen molar-refractivity contribution in [2.75, 3.05) is 36.4 Å². The minimum Gasteiger partial charge on any atom is -0.382 e. The zero-order valence-electron chi connectivity index (χ0n) is 19.9. The summed E-state index contributed by atoms with van der Waals surface area (Å²) in [6, 6.07) is 9.53. The first-order valence-corrected chi connectivity index (χ1v) is 12.8. The molecule has 9 nitrogen and oxygen atoms in total. The molecule has 1 saturated carbocycles. The van der Waals surface area contributed by atoms with Crippen molar-refractivity contribution in [1.29, 1.82) is 5.41 Å². The Labute approximate surface area is 201 Å². The van der Waals surface area contributed by atoms with E-state index in [0.717, 1.165) is 31.1 Å². The number of hydrogen-bond donors (Lipinski definition) is 4. The topological polar surface area (TPSA) is 133 Å². The van der Waals surface area contributed by atoms with Gasteiger partial charge >= 0.3 is 0 Å². The van der Waals surface area contributed by atoms with Crippen molar-refractivity contribution in [2.24, 2.45) is 11.5 Å². The molecule has 0 radical (unpaired) electrons. The highest BCUT2D eigenvalue weighted by Crippen LogP contribution is 2.33. The molecular weight excluding hydrogens is 426 g/mol. The lowest BCUT2D eigenvalue weighted by atomic mass is 9.88. The van der Waals surface area contributed by atoms with Crippen LogP contribution in [0.1, 0.15) is 68.5 Å². The van der Waals surface area contributed by atoms with Crippen LogP contribution in [0, 0.1) is 5.41 Å². The third-order valence-corrected chi connectivity index (χ3v) is 7.69. The quantitative estimate of drug-likeness (QED) is 0.380. The Kier molecular flexibility index (Phi) is 6.92. The van der Waals surface area contributed by atoms with Gasteiger partial charge in [0.05, 0.1) is 0 Å². The molecule has 0 bridgehead atoms. The van der Waals surface area contributed by atoms with Gasteiger partial charge in [-0.3, -0.25) is 5.41 Å². The molecule has 0 unspecified atom stereocenters. The van der Waals surface area contributed by atoms with Crippen molar-refractivity contribution in [1.82, 2.24) is 20.1 Å². The Hall–Kier alpha value is -2.78. The van der Waals surface area contributed by atoms with E-state index in [1.165, 1.54) is 57.2 Å². The van der Waals surface area contributed by atoms with Crippen LogP contribution in [-0.4, -0.2) is 64.2 Å². The van der Waals surface area contributed by atoms with Crippen LogP contribution in [0.4, 0.5) is 17.5 Å². The van der Waals surface area contributed by atoms with E-state index in [4.69, 9.17) is 16.9 Å². The molecule has 3 fully saturated rings. The molecule has 1 aromatic heterocycles. The molecule has 6 N–H and O–H groups in total. The standard InChI is InChI=1S/C25H37N9/c26-19-4-3-13-34(16-19)25-30-24(22(23(27)28)31-32-25)29-20-9-7-17(8-10-20)18-11-14-33(15-12-18)21-5-1-2-6-21/h7-10,18-19,21H,1-6,11-16,26H2,(H3,27,28)(H,29,30,32)/t19-/m1/s1. The highest BCUT2D eigenvalue weighted by Gasteiger charge is 2.27. The average molecular weight is 464 g/mol. The second-order valence-electron chi connectivity index (χ2n) is 10.1. The molecule has 2 saturated heterocycles. The minimum atomic E-state index is -0.157. The molecule has 1 aliphatic carbocycles. The number of nitrogens with zero attached hydrogens (tertiary/aromatic N) is 5. The summed E-state index contributed by atoms with van der Waals surface area (Å²) in [5, 5.41) is 19.6. The largest absolute Gasteiger partial charge is 0.382 e. The van der Waals surface area contributed by atoms with Gasteiger partial charge in [-0.1, -0.05) is 25.0 Å². The van der Waals surface area contributed by atoms with Crippen molar-refractivity contribution in [3.05, 3.63) is 35.5 Å². The maximum absolute atomic E-state index is 7.89. The smallest absolute Gasteiger partial charge is 0.247 e. The number of piperidine rings is 2. The lowest BCUT2D eigenvalue weighted by Gasteiger charge is -2.36. The van der Waals surface area contributed by atoms with Crippen molar-refractivity contribution < 1.29 is 0 Å². The summed E-state index contributed by atoms with van der Waals surface area (Å²) in [4.78, 5) is 9.44. The fourth-order valence-electron chi connectivity index (χ4n) is 5.75. The molecule has 182 valence electrons. The van der Waals surface area contributed by atoms with Gasteiger partial charge < -0.3 is 26.6 Å². The summed E-state index contributed by atoms with van der Waals surface area (Å²) >= 11 is 0. The molecular formula is C25H37N9. The van der Waals surface area contributed by atoms with Crippen LogP contribution in [-0.2, 0) is 0 Å². The van der Waals surface area contributed by atoms with E-state index in [1.54, 1.807) is 0 Å². The third kappa shape index (κ3) is 5.15. The Morgan fingerprint density at radius 3 is 2.35 bits per heavy atom. The van der Waals surface area contributed by atoms with Gasteiger partial charge in [-0.15, -0.1) is 10.2 Å². The summed E-state index contributed by atoms with van der Waals surface area (Å²) in [6.07, 6.45) is 10.0. The summed E-state index contributed by atoms with van der Waals surface area (Å²) in [5.74, 6) is 1.44. The van der Waals surface area contributed by atoms with Gasteiger partial charge in [-0.2, -0.15) is 4.98 Å². The zero-order valence-corrected chi connectivity index (χ0v) is 19.9. The molecule has 1 atom stereocenters. The predicted molar refractivity (Wildman–Crippen MR) is 136 cm³/mol. The number of rotatable bonds is 6. The van der Waals surface area contributed by atoms with Gasteiger partial charge in [0.15, 0.2) is 11.5 Å². The molecule has 34 heavy (non-hydrogen) atoms. The Bertz CT molecular complexity index is 978. The maximum Gasteiger partial charge on any atom is 0.247 e. The molecule has 3 heterocycles. The molecule has 9 heteroatoms. The van der Waals surface area contributed by atoms with E-state index in [9.17, 15) is 0 Å². The Balaban J connectivity index is 1.26. The van der Waals surface area contributed by atoms with Gasteiger partial charge in [-0.25, -0.2) is 0 Å². The summed E-state index contributed by atoms with van der Waals surface area (Å²) < 4.78 is 0. The maximum atomic E-state index is 7.89. The van der Waals surface area contributed by atoms with E-state index >= 15 is 0 Å². The number of amidine groups is 1. The first-order chi connectivity index (χ1) is 16.6. The zero-order chi connectivity index (χ0) is 23.5. The average Bonchev–Trinajstić information content (AvgIpc) is 3.40. The second-order valence-corrected chi connectivity index (χ2v) is 10.1. The summed E-state index contributed by atoms with van der Waals surface area (Å²) in [5.41, 5.74) is 14.4. The number of nitrogen functional groups attached to an aromatic ring is 1. The number of anilines is 3. The predicted octanol–water partition coefficient (Wildman–Crippen LogP) is 2.95. The SMILES string of the molecule is N=C(N)c1nnc(N2CCC[C@@H](N)C2)nc1Nc1ccc(C2CCN(C3CCCC3)CC2)cc1. The van der Waals surface area contributed by atoms with Crippen LogP contribution in [0.2, 0.25) is 0 Å². The number of likely N-dealkylation sites (tertiary alicyclic amines) is 1. The lowest BCUT2D eigenvalue weighted by molar-refractivity contribution is 0.154. The van der Waals surface area contributed by atoms with Crippen LogP contribution in [0.25, 0.3) is 0 Å². The molecule has 2 aromatic rings. The molecule has 3 aliphatic rings. The minimum absolute atomic E-state index is 0.110. The fraction of sp³-hybridized carbons (Fsp3) is 0.600. The van der Waals surface area contributed by atoms with Crippen LogP contribution in [0.15, 0.2) is 24.3 Å². The Morgan fingerprint density at radius 1 is 0.941 bits per heavy atom. The highest BCUT2D eigenvalue weighted by atomic mass is 15.3. The van der Waals surface area contributed by atoms with E-state index in [-0.39, 0.29) is 17.6 Å². The number of benzene rings is 1. The van der Waals surface area contributed by atoms with E-state index < -0.39 is 0 Å². The van der Waals surface area contributed by atoms with Crippen molar-refractivity contribution in [3.63, 3.8) is 0 Å². The fourth-order valence-corrected chi connectivity index (χ4v) is 5.75. The normalized spacial score (nSPS) is 22.7. The van der Waals surface area contributed by atoms with Gasteiger partial charge in [0, 0.05) is 30.9 Å². The van der Waals surface area contributed by atoms with Gasteiger partial charge in [0.2, 0.25) is 5.95 Å². The van der Waals surface area contributed by atoms with Gasteiger partial charge in [0.25, 0.3) is 0 Å². The van der Waals surface area contributed by atoms with Crippen LogP contribution >= 0.6 is 0 Å². The number of nitrogens with two attached hydrogens (primary N) is 2. The molecule has 0 amide bonds. The number of aromatic nitrogens is 3. The molecule has 0 spiro atoms.